The van der Waals surface area contributed by atoms with Crippen molar-refractivity contribution in [2.75, 3.05) is 27.1 Å². The van der Waals surface area contributed by atoms with Crippen LogP contribution in [0.1, 0.15) is 32.9 Å². The second kappa shape index (κ2) is 15.2. The van der Waals surface area contributed by atoms with Crippen LogP contribution in [0.5, 0.6) is 0 Å². The monoisotopic (exact) mass is 710 g/mol. The number of carbonyl (C=O) groups excluding carboxylic acids is 2. The van der Waals surface area contributed by atoms with E-state index in [1.165, 1.54) is 59.2 Å². The summed E-state index contributed by atoms with van der Waals surface area (Å²) in [6, 6.07) is -1.39. The van der Waals surface area contributed by atoms with Crippen molar-refractivity contribution in [2.24, 2.45) is 14.1 Å². The van der Waals surface area contributed by atoms with E-state index in [1.807, 2.05) is 0 Å². The molecule has 0 saturated carbocycles. The molecule has 0 amide bonds. The second-order valence-electron chi connectivity index (χ2n) is 9.84. The maximum atomic E-state index is 12.4. The predicted octanol–water partition coefficient (Wildman–Crippen LogP) is -0.667. The summed E-state index contributed by atoms with van der Waals surface area (Å²) in [5.74, 6) is -0.983. The molecule has 0 unspecified atom stereocenters. The van der Waals surface area contributed by atoms with Gasteiger partial charge in [-0.15, -0.1) is 0 Å². The van der Waals surface area contributed by atoms with Crippen LogP contribution in [0, 0.1) is 0 Å². The topological polar surface area (TPSA) is 230 Å². The van der Waals surface area contributed by atoms with Gasteiger partial charge in [-0.25, -0.2) is 29.1 Å². The summed E-state index contributed by atoms with van der Waals surface area (Å²) >= 11 is 0. The van der Waals surface area contributed by atoms with Crippen LogP contribution < -0.4 is 22.5 Å². The number of halogens is 3. The minimum Gasteiger partial charge on any atom is -0.467 e. The van der Waals surface area contributed by atoms with E-state index in [-0.39, 0.29) is 28.9 Å². The van der Waals surface area contributed by atoms with E-state index in [1.54, 1.807) is 20.8 Å². The number of alkyl halides is 3. The number of aromatic nitrogens is 8. The molecule has 0 aliphatic carbocycles. The third-order valence-electron chi connectivity index (χ3n) is 6.56. The summed E-state index contributed by atoms with van der Waals surface area (Å²) in [4.78, 5) is 80.8. The van der Waals surface area contributed by atoms with E-state index in [2.05, 4.69) is 28.6 Å². The molecule has 48 heavy (non-hydrogen) atoms. The minimum absolute atomic E-state index is 0.162. The molecule has 0 bridgehead atoms. The van der Waals surface area contributed by atoms with Gasteiger partial charge in [0.15, 0.2) is 28.9 Å². The number of carbonyl (C=O) groups is 2. The van der Waals surface area contributed by atoms with Crippen molar-refractivity contribution in [2.45, 2.75) is 45.6 Å². The summed E-state index contributed by atoms with van der Waals surface area (Å²) < 4.78 is 72.6. The Morgan fingerprint density at radius 3 is 1.75 bits per heavy atom. The van der Waals surface area contributed by atoms with E-state index >= 15 is 0 Å². The standard InChI is InChI=1S/C12H16N4O4.C10H12N4O4.C3H5F3O3S/c1-5-15-10(17)8-9(14(3)12(15)19)13-6-16(8)7(2)11(18)20-4;1-5(9(16)18-3)14-4-11-7-6(14)8(15)12-10(17)13(7)2;1-10(7,8)9-2-3(4,5)6/h6-7H,5H2,1-4H3;4-5H,1-3H3,(H,12,15,17);2H2,1H3/t7-;5-;/m00./s1. The highest BCUT2D eigenvalue weighted by Crippen LogP contribution is 2.16. The van der Waals surface area contributed by atoms with Crippen molar-refractivity contribution in [1.29, 1.82) is 0 Å². The molecule has 0 saturated heterocycles. The largest absolute Gasteiger partial charge is 0.467 e. The molecule has 4 rings (SSSR count). The number of methoxy groups -OCH3 is 2. The molecule has 2 atom stereocenters. The van der Waals surface area contributed by atoms with Crippen LogP contribution in [0.25, 0.3) is 22.3 Å². The predicted molar refractivity (Wildman–Crippen MR) is 161 cm³/mol. The molecular weight excluding hydrogens is 677 g/mol. The number of hydrogen-bond donors (Lipinski definition) is 1. The summed E-state index contributed by atoms with van der Waals surface area (Å²) in [5, 5.41) is 0. The maximum absolute atomic E-state index is 12.4. The quantitative estimate of drug-likeness (QED) is 0.186. The summed E-state index contributed by atoms with van der Waals surface area (Å²) in [6.45, 7) is 3.38. The lowest BCUT2D eigenvalue weighted by Crippen LogP contribution is -2.39. The molecule has 1 N–H and O–H groups in total. The second-order valence-corrected chi connectivity index (χ2v) is 11.5. The van der Waals surface area contributed by atoms with Gasteiger partial charge in [0.1, 0.15) is 12.1 Å². The first-order chi connectivity index (χ1) is 22.1. The molecule has 4 heterocycles. The third kappa shape index (κ3) is 8.84. The Balaban J connectivity index is 0.000000265. The van der Waals surface area contributed by atoms with Crippen molar-refractivity contribution in [3.63, 3.8) is 0 Å². The Morgan fingerprint density at radius 1 is 0.896 bits per heavy atom. The number of rotatable bonds is 7. The summed E-state index contributed by atoms with van der Waals surface area (Å²) in [6.07, 6.45) is -1.34. The third-order valence-corrected chi connectivity index (χ3v) is 7.11. The van der Waals surface area contributed by atoms with Crippen LogP contribution in [0.2, 0.25) is 0 Å². The lowest BCUT2D eigenvalue weighted by Gasteiger charge is -2.12. The van der Waals surface area contributed by atoms with E-state index in [9.17, 15) is 50.4 Å². The fourth-order valence-electron chi connectivity index (χ4n) is 4.05. The van der Waals surface area contributed by atoms with E-state index < -0.39 is 69.4 Å². The van der Waals surface area contributed by atoms with Gasteiger partial charge in [0, 0.05) is 20.6 Å². The smallest absolute Gasteiger partial charge is 0.413 e. The minimum atomic E-state index is -4.59. The van der Waals surface area contributed by atoms with Gasteiger partial charge in [-0.05, 0) is 20.8 Å². The average molecular weight is 711 g/mol. The van der Waals surface area contributed by atoms with Crippen LogP contribution in [0.3, 0.4) is 0 Å². The number of nitrogens with zero attached hydrogens (tertiary/aromatic N) is 7. The van der Waals surface area contributed by atoms with Crippen molar-refractivity contribution >= 4 is 44.4 Å². The number of aromatic amines is 1. The van der Waals surface area contributed by atoms with Crippen LogP contribution in [-0.4, -0.2) is 91.4 Å². The first kappa shape index (κ1) is 39.1. The van der Waals surface area contributed by atoms with E-state index in [0.717, 1.165) is 4.57 Å². The molecule has 4 aromatic rings. The van der Waals surface area contributed by atoms with Crippen LogP contribution in [-0.2, 0) is 54.0 Å². The molecular formula is C25H33F3N8O11S. The molecule has 0 radical (unpaired) electrons. The van der Waals surface area contributed by atoms with Crippen molar-refractivity contribution in [1.82, 2.24) is 37.8 Å². The van der Waals surface area contributed by atoms with E-state index in [0.29, 0.717) is 6.26 Å². The fourth-order valence-corrected chi connectivity index (χ4v) is 4.40. The van der Waals surface area contributed by atoms with Gasteiger partial charge >= 0.3 is 29.5 Å². The lowest BCUT2D eigenvalue weighted by atomic mass is 10.3. The molecule has 0 aliphatic rings. The molecule has 266 valence electrons. The van der Waals surface area contributed by atoms with Gasteiger partial charge in [-0.1, -0.05) is 0 Å². The van der Waals surface area contributed by atoms with Gasteiger partial charge < -0.3 is 18.6 Å². The van der Waals surface area contributed by atoms with Crippen molar-refractivity contribution in [3.8, 4) is 0 Å². The first-order valence-corrected chi connectivity index (χ1v) is 15.3. The van der Waals surface area contributed by atoms with Gasteiger partial charge in [0.25, 0.3) is 21.2 Å². The molecule has 19 nitrogen and oxygen atoms in total. The molecule has 23 heteroatoms. The highest BCUT2D eigenvalue weighted by Gasteiger charge is 2.29. The SMILES string of the molecule is CCn1c(=O)c2c(ncn2[C@@H](C)C(=O)OC)n(C)c1=O.COC(=O)[C@H](C)n1cnc2c1c(=O)[nH]c(=O)n2C.CS(=O)(=O)OCC(F)(F)F. The van der Waals surface area contributed by atoms with Crippen molar-refractivity contribution < 1.29 is 44.8 Å². The number of imidazole rings is 2. The lowest BCUT2D eigenvalue weighted by molar-refractivity contribution is -0.152. The number of hydrogen-bond acceptors (Lipinski definition) is 13. The van der Waals surface area contributed by atoms with Crippen LogP contribution >= 0.6 is 0 Å². The number of aryl methyl sites for hydroxylation is 2. The number of ether oxygens (including phenoxy) is 2. The van der Waals surface area contributed by atoms with E-state index in [4.69, 9.17) is 0 Å². The van der Waals surface area contributed by atoms with Crippen LogP contribution in [0.15, 0.2) is 31.8 Å². The van der Waals surface area contributed by atoms with Crippen molar-refractivity contribution in [3.05, 3.63) is 54.3 Å². The van der Waals surface area contributed by atoms with Crippen LogP contribution in [0.4, 0.5) is 13.2 Å². The first-order valence-electron chi connectivity index (χ1n) is 13.5. The zero-order valence-corrected chi connectivity index (χ0v) is 27.7. The molecule has 0 spiro atoms. The number of fused-ring (bicyclic) bond motifs is 2. The Bertz CT molecular complexity index is 2160. The van der Waals surface area contributed by atoms with Gasteiger partial charge in [0.05, 0.1) is 33.1 Å². The molecule has 0 fully saturated rings. The number of nitrogens with one attached hydrogen (secondary N) is 1. The Hall–Kier alpha value is -5.06. The number of H-pyrrole nitrogens is 1. The van der Waals surface area contributed by atoms with Gasteiger partial charge in [0.2, 0.25) is 0 Å². The summed E-state index contributed by atoms with van der Waals surface area (Å²) in [7, 11) is 1.59. The van der Waals surface area contributed by atoms with Gasteiger partial charge in [-0.2, -0.15) is 21.6 Å². The fraction of sp³-hybridized carbons (Fsp3) is 0.520. The highest BCUT2D eigenvalue weighted by atomic mass is 32.2. The maximum Gasteiger partial charge on any atom is 0.413 e. The zero-order chi connectivity index (χ0) is 36.9. The Labute approximate surface area is 268 Å². The normalized spacial score (nSPS) is 12.8. The molecule has 0 aromatic carbocycles. The Morgan fingerprint density at radius 2 is 1.35 bits per heavy atom. The molecule has 4 aromatic heterocycles. The summed E-state index contributed by atoms with van der Waals surface area (Å²) in [5.41, 5.74) is -1.17. The highest BCUT2D eigenvalue weighted by molar-refractivity contribution is 7.85. The molecule has 0 aliphatic heterocycles. The van der Waals surface area contributed by atoms with Gasteiger partial charge in [-0.3, -0.25) is 32.5 Å². The number of esters is 2. The zero-order valence-electron chi connectivity index (χ0n) is 26.9. The average Bonchev–Trinajstić information content (AvgIpc) is 3.67. The Kier molecular flexibility index (Phi) is 12.4.